The van der Waals surface area contributed by atoms with Gasteiger partial charge >= 0.3 is 5.97 Å². The maximum Gasteiger partial charge on any atom is 0.332 e. The summed E-state index contributed by atoms with van der Waals surface area (Å²) < 4.78 is 6.19. The topological polar surface area (TPSA) is 44.1 Å². The van der Waals surface area contributed by atoms with Crippen molar-refractivity contribution in [2.75, 3.05) is 7.11 Å². The van der Waals surface area contributed by atoms with E-state index in [0.717, 1.165) is 0 Å². The van der Waals surface area contributed by atoms with E-state index in [1.807, 2.05) is 0 Å². The molecule has 0 aliphatic heterocycles. The van der Waals surface area contributed by atoms with Crippen molar-refractivity contribution in [3.63, 3.8) is 0 Å². The first-order valence-corrected chi connectivity index (χ1v) is 3.47. The van der Waals surface area contributed by atoms with Crippen molar-refractivity contribution >= 4 is 5.97 Å². The molecule has 1 unspecified atom stereocenters. The summed E-state index contributed by atoms with van der Waals surface area (Å²) in [4.78, 5) is 14.9. The number of ether oxygens (including phenoxy) is 1. The lowest BCUT2D eigenvalue weighted by atomic mass is 10.3. The van der Waals surface area contributed by atoms with Crippen LogP contribution >= 0.6 is 0 Å². The molecule has 0 N–H and O–H groups in total. The maximum absolute atomic E-state index is 11.1. The summed E-state index contributed by atoms with van der Waals surface area (Å²) in [6, 6.07) is -0.475. The minimum atomic E-state index is -0.475. The zero-order valence-electron chi connectivity index (χ0n) is 6.80. The van der Waals surface area contributed by atoms with Crippen molar-refractivity contribution in [1.82, 2.24) is 9.55 Å². The number of nitrogens with zero attached hydrogens (tertiary/aromatic N) is 2. The van der Waals surface area contributed by atoms with Crippen molar-refractivity contribution in [3.05, 3.63) is 31.4 Å². The molecule has 0 aromatic carbocycles. The zero-order valence-corrected chi connectivity index (χ0v) is 6.80. The molecule has 0 aliphatic carbocycles. The monoisotopic (exact) mass is 166 g/mol. The van der Waals surface area contributed by atoms with Gasteiger partial charge in [0, 0.05) is 12.4 Å². The van der Waals surface area contributed by atoms with Gasteiger partial charge in [-0.25, -0.2) is 9.78 Å². The molecule has 0 fully saturated rings. The molecule has 0 saturated carbocycles. The number of methoxy groups -OCH3 is 1. The molecule has 1 rings (SSSR count). The van der Waals surface area contributed by atoms with E-state index in [0.29, 0.717) is 0 Å². The molecule has 4 heteroatoms. The van der Waals surface area contributed by atoms with Gasteiger partial charge in [-0.2, -0.15) is 0 Å². The standard InChI is InChI=1S/C8H10N2O2/c1-3-7(8(11)12-2)10-5-4-9-6-10/h3-7H,1H2,2H3. The highest BCUT2D eigenvalue weighted by Crippen LogP contribution is 2.08. The lowest BCUT2D eigenvalue weighted by Crippen LogP contribution is -2.17. The van der Waals surface area contributed by atoms with Gasteiger partial charge in [0.05, 0.1) is 13.4 Å². The SMILES string of the molecule is C=CC(C(=O)OC)n1ccnc1. The van der Waals surface area contributed by atoms with Gasteiger partial charge in [-0.05, 0) is 0 Å². The van der Waals surface area contributed by atoms with Gasteiger partial charge in [0.25, 0.3) is 0 Å². The molecule has 0 radical (unpaired) electrons. The predicted molar refractivity (Wildman–Crippen MR) is 43.5 cm³/mol. The number of carbonyl (C=O) groups is 1. The van der Waals surface area contributed by atoms with Gasteiger partial charge < -0.3 is 9.30 Å². The Kier molecular flexibility index (Phi) is 2.63. The molecule has 0 bridgehead atoms. The molecule has 1 aromatic rings. The van der Waals surface area contributed by atoms with E-state index in [4.69, 9.17) is 0 Å². The summed E-state index contributed by atoms with van der Waals surface area (Å²) in [5.74, 6) is -0.344. The molecule has 1 heterocycles. The summed E-state index contributed by atoms with van der Waals surface area (Å²) in [6.45, 7) is 3.54. The van der Waals surface area contributed by atoms with E-state index < -0.39 is 6.04 Å². The number of carbonyl (C=O) groups excluding carboxylic acids is 1. The van der Waals surface area contributed by atoms with E-state index >= 15 is 0 Å². The number of aromatic nitrogens is 2. The molecule has 64 valence electrons. The molecule has 1 atom stereocenters. The first-order chi connectivity index (χ1) is 5.79. The van der Waals surface area contributed by atoms with Crippen LogP contribution in [0.4, 0.5) is 0 Å². The lowest BCUT2D eigenvalue weighted by Gasteiger charge is -2.10. The first-order valence-electron chi connectivity index (χ1n) is 3.47. The third-order valence-electron chi connectivity index (χ3n) is 1.51. The van der Waals surface area contributed by atoms with Crippen LogP contribution in [0.25, 0.3) is 0 Å². The summed E-state index contributed by atoms with van der Waals surface area (Å²) in [6.07, 6.45) is 6.33. The molecule has 0 saturated heterocycles. The number of rotatable bonds is 3. The Hall–Kier alpha value is -1.58. The van der Waals surface area contributed by atoms with Crippen LogP contribution in [0.5, 0.6) is 0 Å². The third kappa shape index (κ3) is 1.53. The lowest BCUT2D eigenvalue weighted by molar-refractivity contribution is -0.143. The van der Waals surface area contributed by atoms with Crippen molar-refractivity contribution in [1.29, 1.82) is 0 Å². The van der Waals surface area contributed by atoms with E-state index in [1.165, 1.54) is 13.2 Å². The fourth-order valence-corrected chi connectivity index (χ4v) is 0.894. The zero-order chi connectivity index (χ0) is 8.97. The Morgan fingerprint density at radius 2 is 2.58 bits per heavy atom. The van der Waals surface area contributed by atoms with Crippen molar-refractivity contribution in [2.45, 2.75) is 6.04 Å². The summed E-state index contributed by atoms with van der Waals surface area (Å²) >= 11 is 0. The van der Waals surface area contributed by atoms with Gasteiger partial charge in [-0.15, -0.1) is 6.58 Å². The highest BCUT2D eigenvalue weighted by molar-refractivity contribution is 5.76. The van der Waals surface area contributed by atoms with Crippen LogP contribution in [0.1, 0.15) is 6.04 Å². The average molecular weight is 166 g/mol. The highest BCUT2D eigenvalue weighted by atomic mass is 16.5. The number of hydrogen-bond donors (Lipinski definition) is 0. The quantitative estimate of drug-likeness (QED) is 0.492. The van der Waals surface area contributed by atoms with Gasteiger partial charge in [-0.1, -0.05) is 6.08 Å². The average Bonchev–Trinajstić information content (AvgIpc) is 2.58. The first kappa shape index (κ1) is 8.52. The van der Waals surface area contributed by atoms with Gasteiger partial charge in [0.1, 0.15) is 6.04 Å². The number of hydrogen-bond acceptors (Lipinski definition) is 3. The molecular formula is C8H10N2O2. The third-order valence-corrected chi connectivity index (χ3v) is 1.51. The molecule has 4 nitrogen and oxygen atoms in total. The van der Waals surface area contributed by atoms with Crippen molar-refractivity contribution in [3.8, 4) is 0 Å². The highest BCUT2D eigenvalue weighted by Gasteiger charge is 2.15. The summed E-state index contributed by atoms with van der Waals surface area (Å²) in [5.41, 5.74) is 0. The molecule has 12 heavy (non-hydrogen) atoms. The van der Waals surface area contributed by atoms with E-state index in [2.05, 4.69) is 16.3 Å². The largest absolute Gasteiger partial charge is 0.467 e. The van der Waals surface area contributed by atoms with Crippen LogP contribution in [0.15, 0.2) is 31.4 Å². The van der Waals surface area contributed by atoms with Crippen LogP contribution in [0, 0.1) is 0 Å². The summed E-state index contributed by atoms with van der Waals surface area (Å²) in [7, 11) is 1.34. The van der Waals surface area contributed by atoms with Gasteiger partial charge in [0.15, 0.2) is 0 Å². The van der Waals surface area contributed by atoms with Crippen molar-refractivity contribution in [2.24, 2.45) is 0 Å². The van der Waals surface area contributed by atoms with Crippen LogP contribution in [-0.4, -0.2) is 22.6 Å². The molecule has 0 aliphatic rings. The number of imidazole rings is 1. The van der Waals surface area contributed by atoms with Crippen LogP contribution in [-0.2, 0) is 9.53 Å². The Balaban J connectivity index is 2.83. The second-order valence-corrected chi connectivity index (χ2v) is 2.21. The van der Waals surface area contributed by atoms with E-state index in [-0.39, 0.29) is 5.97 Å². The Bertz CT molecular complexity index is 267. The fraction of sp³-hybridized carbons (Fsp3) is 0.250. The second kappa shape index (κ2) is 3.71. The Morgan fingerprint density at radius 3 is 3.00 bits per heavy atom. The molecule has 1 aromatic heterocycles. The predicted octanol–water partition coefficient (Wildman–Crippen LogP) is 0.783. The minimum absolute atomic E-state index is 0.344. The van der Waals surface area contributed by atoms with Crippen LogP contribution in [0.3, 0.4) is 0 Å². The van der Waals surface area contributed by atoms with Gasteiger partial charge in [0.2, 0.25) is 0 Å². The molecule has 0 spiro atoms. The minimum Gasteiger partial charge on any atom is -0.467 e. The second-order valence-electron chi connectivity index (χ2n) is 2.21. The number of esters is 1. The van der Waals surface area contributed by atoms with Crippen LogP contribution < -0.4 is 0 Å². The molecule has 0 amide bonds. The van der Waals surface area contributed by atoms with Gasteiger partial charge in [-0.3, -0.25) is 0 Å². The molecular weight excluding hydrogens is 156 g/mol. The Morgan fingerprint density at radius 1 is 1.83 bits per heavy atom. The van der Waals surface area contributed by atoms with Crippen LogP contribution in [0.2, 0.25) is 0 Å². The van der Waals surface area contributed by atoms with E-state index in [9.17, 15) is 4.79 Å². The maximum atomic E-state index is 11.1. The van der Waals surface area contributed by atoms with Crippen molar-refractivity contribution < 1.29 is 9.53 Å². The fourth-order valence-electron chi connectivity index (χ4n) is 0.894. The Labute approximate surface area is 70.5 Å². The van der Waals surface area contributed by atoms with E-state index in [1.54, 1.807) is 23.3 Å². The summed E-state index contributed by atoms with van der Waals surface area (Å²) in [5, 5.41) is 0. The normalized spacial score (nSPS) is 12.1. The smallest absolute Gasteiger partial charge is 0.332 e.